The Morgan fingerprint density at radius 3 is 3.00 bits per heavy atom. The minimum absolute atomic E-state index is 0. The van der Waals surface area contributed by atoms with E-state index in [1.54, 1.807) is 11.3 Å². The van der Waals surface area contributed by atoms with E-state index < -0.39 is 0 Å². The monoisotopic (exact) mass is 308 g/mol. The lowest BCUT2D eigenvalue weighted by atomic mass is 10.0. The van der Waals surface area contributed by atoms with Crippen LogP contribution in [0.25, 0.3) is 0 Å². The van der Waals surface area contributed by atoms with Crippen molar-refractivity contribution in [2.75, 3.05) is 11.9 Å². The molecule has 5 heteroatoms. The lowest BCUT2D eigenvalue weighted by Crippen LogP contribution is -2.24. The zero-order valence-corrected chi connectivity index (χ0v) is 12.7. The fourth-order valence-electron chi connectivity index (χ4n) is 2.34. The second-order valence-electron chi connectivity index (χ2n) is 4.77. The first-order valence-electron chi connectivity index (χ1n) is 6.45. The summed E-state index contributed by atoms with van der Waals surface area (Å²) in [6.07, 6.45) is 1.51. The fraction of sp³-hybridized carbons (Fsp3) is 0.267. The molecule has 20 heavy (non-hydrogen) atoms. The van der Waals surface area contributed by atoms with Crippen LogP contribution in [0.4, 0.5) is 5.69 Å². The molecule has 3 rings (SSSR count). The van der Waals surface area contributed by atoms with E-state index in [9.17, 15) is 4.79 Å². The summed E-state index contributed by atoms with van der Waals surface area (Å²) in [7, 11) is 0. The first-order chi connectivity index (χ1) is 9.31. The third-order valence-electron chi connectivity index (χ3n) is 3.32. The Balaban J connectivity index is 0.00000147. The number of hydrogen-bond acceptors (Lipinski definition) is 3. The van der Waals surface area contributed by atoms with Gasteiger partial charge in [0.25, 0.3) is 0 Å². The van der Waals surface area contributed by atoms with E-state index >= 15 is 0 Å². The molecule has 2 aromatic rings. The normalized spacial score (nSPS) is 13.2. The topological polar surface area (TPSA) is 41.1 Å². The number of carbonyl (C=O) groups excluding carboxylic acids is 1. The molecule has 0 saturated carbocycles. The van der Waals surface area contributed by atoms with Gasteiger partial charge >= 0.3 is 0 Å². The Morgan fingerprint density at radius 2 is 2.20 bits per heavy atom. The highest BCUT2D eigenvalue weighted by Gasteiger charge is 2.10. The molecule has 0 bridgehead atoms. The Kier molecular flexibility index (Phi) is 5.17. The van der Waals surface area contributed by atoms with Crippen LogP contribution in [0.5, 0.6) is 0 Å². The summed E-state index contributed by atoms with van der Waals surface area (Å²) in [4.78, 5) is 11.9. The molecular weight excluding hydrogens is 292 g/mol. The van der Waals surface area contributed by atoms with E-state index in [-0.39, 0.29) is 18.3 Å². The number of anilines is 1. The quantitative estimate of drug-likeness (QED) is 0.915. The number of halogens is 1. The van der Waals surface area contributed by atoms with Crippen LogP contribution in [0.15, 0.2) is 35.0 Å². The molecule has 2 heterocycles. The van der Waals surface area contributed by atoms with Gasteiger partial charge in [-0.05, 0) is 58.6 Å². The Morgan fingerprint density at radius 1 is 1.30 bits per heavy atom. The molecule has 1 aromatic carbocycles. The third kappa shape index (κ3) is 3.60. The lowest BCUT2D eigenvalue weighted by molar-refractivity contribution is -0.115. The Hall–Kier alpha value is -1.36. The Bertz CT molecular complexity index is 584. The maximum atomic E-state index is 11.9. The number of carbonyl (C=O) groups is 1. The van der Waals surface area contributed by atoms with E-state index in [2.05, 4.69) is 22.8 Å². The van der Waals surface area contributed by atoms with Crippen LogP contribution in [0.1, 0.15) is 16.7 Å². The molecular formula is C15H17ClN2OS. The van der Waals surface area contributed by atoms with Gasteiger partial charge < -0.3 is 10.6 Å². The van der Waals surface area contributed by atoms with Gasteiger partial charge in [-0.1, -0.05) is 6.07 Å². The van der Waals surface area contributed by atoms with Gasteiger partial charge in [0.2, 0.25) is 5.91 Å². The predicted molar refractivity (Wildman–Crippen MR) is 85.8 cm³/mol. The summed E-state index contributed by atoms with van der Waals surface area (Å²) >= 11 is 1.62. The van der Waals surface area contributed by atoms with Gasteiger partial charge in [0.05, 0.1) is 6.42 Å². The third-order valence-corrected chi connectivity index (χ3v) is 4.05. The van der Waals surface area contributed by atoms with Crippen molar-refractivity contribution >= 4 is 35.3 Å². The predicted octanol–water partition coefficient (Wildman–Crippen LogP) is 3.00. The summed E-state index contributed by atoms with van der Waals surface area (Å²) in [5, 5.41) is 10.3. The van der Waals surface area contributed by atoms with Gasteiger partial charge in [0, 0.05) is 12.2 Å². The molecule has 0 spiro atoms. The Labute approximate surface area is 128 Å². The first-order valence-corrected chi connectivity index (χ1v) is 7.39. The molecule has 2 N–H and O–H groups in total. The second kappa shape index (κ2) is 6.88. The second-order valence-corrected chi connectivity index (χ2v) is 5.55. The molecule has 0 unspecified atom stereocenters. The summed E-state index contributed by atoms with van der Waals surface area (Å²) in [5.41, 5.74) is 4.64. The SMILES string of the molecule is Cl.O=C(Cc1ccsc1)Nc1ccc2c(c1)CNCC2. The number of benzene rings is 1. The highest BCUT2D eigenvalue weighted by atomic mass is 35.5. The summed E-state index contributed by atoms with van der Waals surface area (Å²) in [5.74, 6) is 0.0436. The molecule has 106 valence electrons. The number of fused-ring (bicyclic) bond motifs is 1. The smallest absolute Gasteiger partial charge is 0.228 e. The fourth-order valence-corrected chi connectivity index (χ4v) is 3.01. The van der Waals surface area contributed by atoms with Crippen molar-refractivity contribution in [1.82, 2.24) is 5.32 Å². The number of thiophene rings is 1. The standard InChI is InChI=1S/C15H16N2OS.ClH/c18-15(7-11-4-6-19-10-11)17-14-2-1-12-3-5-16-9-13(12)8-14;/h1-2,4,6,8,10,16H,3,5,7,9H2,(H,17,18);1H. The van der Waals surface area contributed by atoms with Crippen LogP contribution in [0, 0.1) is 0 Å². The molecule has 3 nitrogen and oxygen atoms in total. The summed E-state index contributed by atoms with van der Waals surface area (Å²) < 4.78 is 0. The number of amides is 1. The zero-order chi connectivity index (χ0) is 13.1. The van der Waals surface area contributed by atoms with Crippen molar-refractivity contribution in [3.05, 3.63) is 51.7 Å². The van der Waals surface area contributed by atoms with E-state index in [4.69, 9.17) is 0 Å². The number of nitrogens with one attached hydrogen (secondary N) is 2. The summed E-state index contributed by atoms with van der Waals surface area (Å²) in [6, 6.07) is 8.18. The summed E-state index contributed by atoms with van der Waals surface area (Å²) in [6.45, 7) is 1.93. The maximum absolute atomic E-state index is 11.9. The molecule has 0 atom stereocenters. The van der Waals surface area contributed by atoms with Crippen molar-refractivity contribution < 1.29 is 4.79 Å². The van der Waals surface area contributed by atoms with Crippen LogP contribution in [-0.4, -0.2) is 12.5 Å². The minimum Gasteiger partial charge on any atom is -0.326 e. The van der Waals surface area contributed by atoms with Crippen molar-refractivity contribution in [3.8, 4) is 0 Å². The molecule has 0 saturated heterocycles. The molecule has 1 aromatic heterocycles. The van der Waals surface area contributed by atoms with E-state index in [1.165, 1.54) is 11.1 Å². The maximum Gasteiger partial charge on any atom is 0.228 e. The molecule has 1 amide bonds. The van der Waals surface area contributed by atoms with Gasteiger partial charge in [-0.25, -0.2) is 0 Å². The average molecular weight is 309 g/mol. The molecule has 0 aliphatic carbocycles. The zero-order valence-electron chi connectivity index (χ0n) is 11.0. The lowest BCUT2D eigenvalue weighted by Gasteiger charge is -2.18. The molecule has 0 radical (unpaired) electrons. The average Bonchev–Trinajstić information content (AvgIpc) is 2.91. The van der Waals surface area contributed by atoms with E-state index in [0.717, 1.165) is 30.8 Å². The van der Waals surface area contributed by atoms with Crippen LogP contribution in [0.2, 0.25) is 0 Å². The molecule has 1 aliphatic rings. The van der Waals surface area contributed by atoms with Crippen molar-refractivity contribution in [2.24, 2.45) is 0 Å². The van der Waals surface area contributed by atoms with E-state index in [1.807, 2.05) is 22.9 Å². The van der Waals surface area contributed by atoms with Crippen LogP contribution < -0.4 is 10.6 Å². The van der Waals surface area contributed by atoms with Crippen LogP contribution in [0.3, 0.4) is 0 Å². The van der Waals surface area contributed by atoms with Crippen LogP contribution >= 0.6 is 23.7 Å². The van der Waals surface area contributed by atoms with Crippen LogP contribution in [-0.2, 0) is 24.2 Å². The van der Waals surface area contributed by atoms with Crippen molar-refractivity contribution in [1.29, 1.82) is 0 Å². The van der Waals surface area contributed by atoms with Gasteiger partial charge in [0.1, 0.15) is 0 Å². The first kappa shape index (κ1) is 15.0. The van der Waals surface area contributed by atoms with Gasteiger partial charge in [0.15, 0.2) is 0 Å². The van der Waals surface area contributed by atoms with Gasteiger partial charge in [-0.15, -0.1) is 12.4 Å². The van der Waals surface area contributed by atoms with Gasteiger partial charge in [-0.2, -0.15) is 11.3 Å². The van der Waals surface area contributed by atoms with E-state index in [0.29, 0.717) is 6.42 Å². The van der Waals surface area contributed by atoms with Gasteiger partial charge in [-0.3, -0.25) is 4.79 Å². The highest BCUT2D eigenvalue weighted by molar-refractivity contribution is 7.08. The largest absolute Gasteiger partial charge is 0.326 e. The number of rotatable bonds is 3. The molecule has 1 aliphatic heterocycles. The number of hydrogen-bond donors (Lipinski definition) is 2. The molecule has 0 fully saturated rings. The minimum atomic E-state index is 0. The van der Waals surface area contributed by atoms with Crippen molar-refractivity contribution in [3.63, 3.8) is 0 Å². The highest BCUT2D eigenvalue weighted by Crippen LogP contribution is 2.19. The van der Waals surface area contributed by atoms with Crippen molar-refractivity contribution in [2.45, 2.75) is 19.4 Å².